The van der Waals surface area contributed by atoms with E-state index in [1.165, 1.54) is 0 Å². The molecule has 0 atom stereocenters. The Bertz CT molecular complexity index is 562. The Balaban J connectivity index is 3.41. The Morgan fingerprint density at radius 1 is 0.611 bits per heavy atom. The maximum Gasteiger partial charge on any atom is 0.149 e. The lowest BCUT2D eigenvalue weighted by Gasteiger charge is -2.06. The predicted octanol–water partition coefficient (Wildman–Crippen LogP) is 2.77. The van der Waals surface area contributed by atoms with Crippen molar-refractivity contribution in [3.05, 3.63) is 0 Å². The molecule has 0 unspecified atom stereocenters. The molecule has 1 aromatic rings. The summed E-state index contributed by atoms with van der Waals surface area (Å²) in [5.74, 6) is 0. The van der Waals surface area contributed by atoms with E-state index in [9.17, 15) is 0 Å². The average Bonchev–Trinajstić information content (AvgIpc) is 2.37. The van der Waals surface area contributed by atoms with Crippen molar-refractivity contribution in [1.29, 1.82) is 21.0 Å². The minimum Gasteiger partial charge on any atom is -0.185 e. The molecule has 0 aromatic carbocycles. The molecule has 86 valence electrons. The molecule has 0 fully saturated rings. The standard InChI is InChI=1S/C8N6S4/c9-1-15-5-6(16-2-10)8(18-4-12)14-13-7(5)17-3-11. The van der Waals surface area contributed by atoms with Gasteiger partial charge in [-0.05, 0) is 23.5 Å². The average molecular weight is 308 g/mol. The number of rotatable bonds is 4. The summed E-state index contributed by atoms with van der Waals surface area (Å²) in [7, 11) is 0. The highest BCUT2D eigenvalue weighted by atomic mass is 32.2. The van der Waals surface area contributed by atoms with E-state index in [-0.39, 0.29) is 10.1 Å². The number of thioether (sulfide) groups is 4. The quantitative estimate of drug-likeness (QED) is 0.606. The van der Waals surface area contributed by atoms with E-state index >= 15 is 0 Å². The monoisotopic (exact) mass is 308 g/mol. The summed E-state index contributed by atoms with van der Waals surface area (Å²) in [5.41, 5.74) is 0. The van der Waals surface area contributed by atoms with E-state index in [1.54, 1.807) is 0 Å². The first kappa shape index (κ1) is 14.5. The molecule has 10 heteroatoms. The molecule has 0 saturated carbocycles. The van der Waals surface area contributed by atoms with Crippen LogP contribution in [-0.2, 0) is 0 Å². The minimum absolute atomic E-state index is 0.254. The molecule has 1 rings (SSSR count). The Morgan fingerprint density at radius 3 is 1.22 bits per heavy atom. The minimum atomic E-state index is 0.254. The second-order valence-electron chi connectivity index (χ2n) is 2.24. The summed E-state index contributed by atoms with van der Waals surface area (Å²) in [6.45, 7) is 0. The molecule has 0 radical (unpaired) electrons. The largest absolute Gasteiger partial charge is 0.185 e. The van der Waals surface area contributed by atoms with Crippen LogP contribution in [0.5, 0.6) is 0 Å². The van der Waals surface area contributed by atoms with Crippen molar-refractivity contribution in [3.63, 3.8) is 0 Å². The zero-order chi connectivity index (χ0) is 13.4. The van der Waals surface area contributed by atoms with E-state index < -0.39 is 0 Å². The topological polar surface area (TPSA) is 121 Å². The predicted molar refractivity (Wildman–Crippen MR) is 67.9 cm³/mol. The first-order chi connectivity index (χ1) is 8.78. The first-order valence-electron chi connectivity index (χ1n) is 3.92. The lowest BCUT2D eigenvalue weighted by atomic mass is 10.6. The van der Waals surface area contributed by atoms with Gasteiger partial charge in [-0.1, -0.05) is 0 Å². The normalized spacial score (nSPS) is 8.67. The lowest BCUT2D eigenvalue weighted by molar-refractivity contribution is 0.757. The van der Waals surface area contributed by atoms with Crippen LogP contribution in [-0.4, -0.2) is 10.2 Å². The molecule has 0 spiro atoms. The molecule has 0 aliphatic carbocycles. The highest BCUT2D eigenvalue weighted by Crippen LogP contribution is 2.40. The van der Waals surface area contributed by atoms with Crippen molar-refractivity contribution in [2.24, 2.45) is 0 Å². The van der Waals surface area contributed by atoms with Crippen molar-refractivity contribution >= 4 is 47.0 Å². The van der Waals surface area contributed by atoms with Crippen LogP contribution in [0.1, 0.15) is 0 Å². The van der Waals surface area contributed by atoms with Gasteiger partial charge in [-0.25, -0.2) is 0 Å². The second kappa shape index (κ2) is 7.71. The smallest absolute Gasteiger partial charge is 0.149 e. The molecule has 1 heterocycles. The van der Waals surface area contributed by atoms with E-state index in [0.29, 0.717) is 9.79 Å². The van der Waals surface area contributed by atoms with Crippen LogP contribution in [0.3, 0.4) is 0 Å². The van der Waals surface area contributed by atoms with Crippen molar-refractivity contribution in [2.75, 3.05) is 0 Å². The number of hydrogen-bond donors (Lipinski definition) is 0. The number of nitriles is 4. The fraction of sp³-hybridized carbons (Fsp3) is 0. The maximum atomic E-state index is 8.73. The van der Waals surface area contributed by atoms with Gasteiger partial charge in [-0.3, -0.25) is 0 Å². The van der Waals surface area contributed by atoms with Crippen molar-refractivity contribution in [1.82, 2.24) is 10.2 Å². The van der Waals surface area contributed by atoms with E-state index in [1.807, 2.05) is 21.6 Å². The Morgan fingerprint density at radius 2 is 0.944 bits per heavy atom. The number of hydrogen-bond acceptors (Lipinski definition) is 10. The summed E-state index contributed by atoms with van der Waals surface area (Å²) >= 11 is 3.08. The maximum absolute atomic E-state index is 8.73. The van der Waals surface area contributed by atoms with Crippen LogP contribution in [0.4, 0.5) is 0 Å². The van der Waals surface area contributed by atoms with E-state index in [4.69, 9.17) is 21.0 Å². The van der Waals surface area contributed by atoms with Crippen LogP contribution in [0.15, 0.2) is 19.8 Å². The summed E-state index contributed by atoms with van der Waals surface area (Å²) in [5, 5.41) is 50.2. The van der Waals surface area contributed by atoms with Gasteiger partial charge in [0.15, 0.2) is 0 Å². The molecular weight excluding hydrogens is 308 g/mol. The van der Waals surface area contributed by atoms with Crippen LogP contribution in [0.25, 0.3) is 0 Å². The molecule has 0 amide bonds. The SMILES string of the molecule is N#CSc1nnc(SC#N)c(SC#N)c1SC#N. The fourth-order valence-electron chi connectivity index (χ4n) is 0.867. The van der Waals surface area contributed by atoms with Gasteiger partial charge < -0.3 is 0 Å². The van der Waals surface area contributed by atoms with Gasteiger partial charge in [0.05, 0.1) is 9.79 Å². The van der Waals surface area contributed by atoms with Gasteiger partial charge in [-0.15, -0.1) is 10.2 Å². The summed E-state index contributed by atoms with van der Waals surface area (Å²) in [6, 6.07) is 0. The third-order valence-corrected chi connectivity index (χ3v) is 4.32. The van der Waals surface area contributed by atoms with Gasteiger partial charge in [0, 0.05) is 23.5 Å². The second-order valence-corrected chi connectivity index (χ2v) is 5.38. The molecule has 0 bridgehead atoms. The van der Waals surface area contributed by atoms with Crippen molar-refractivity contribution in [3.8, 4) is 21.6 Å². The molecule has 6 nitrogen and oxygen atoms in total. The third-order valence-electron chi connectivity index (χ3n) is 1.41. The van der Waals surface area contributed by atoms with Gasteiger partial charge in [0.2, 0.25) is 0 Å². The lowest BCUT2D eigenvalue weighted by Crippen LogP contribution is -1.94. The van der Waals surface area contributed by atoms with Crippen LogP contribution in [0, 0.1) is 42.7 Å². The van der Waals surface area contributed by atoms with Gasteiger partial charge in [-0.2, -0.15) is 21.0 Å². The molecule has 1 aromatic heterocycles. The Hall–Kier alpha value is -1.56. The van der Waals surface area contributed by atoms with Crippen molar-refractivity contribution < 1.29 is 0 Å². The van der Waals surface area contributed by atoms with Crippen LogP contribution < -0.4 is 0 Å². The van der Waals surface area contributed by atoms with Crippen molar-refractivity contribution in [2.45, 2.75) is 19.8 Å². The molecule has 18 heavy (non-hydrogen) atoms. The highest BCUT2D eigenvalue weighted by molar-refractivity contribution is 8.09. The molecule has 0 N–H and O–H groups in total. The number of nitrogens with zero attached hydrogens (tertiary/aromatic N) is 6. The summed E-state index contributed by atoms with van der Waals surface area (Å²) in [4.78, 5) is 0.756. The molecule has 0 saturated heterocycles. The fourth-order valence-corrected chi connectivity index (χ4v) is 3.29. The summed E-state index contributed by atoms with van der Waals surface area (Å²) in [6.07, 6.45) is 0. The van der Waals surface area contributed by atoms with Gasteiger partial charge in [0.1, 0.15) is 31.7 Å². The Labute approximate surface area is 119 Å². The number of aromatic nitrogens is 2. The van der Waals surface area contributed by atoms with Gasteiger partial charge in [0.25, 0.3) is 0 Å². The highest BCUT2D eigenvalue weighted by Gasteiger charge is 2.19. The zero-order valence-electron chi connectivity index (χ0n) is 8.32. The van der Waals surface area contributed by atoms with E-state index in [0.717, 1.165) is 47.0 Å². The molecular formula is C8N6S4. The zero-order valence-corrected chi connectivity index (χ0v) is 11.6. The number of thiocyanates is 4. The molecule has 0 aliphatic rings. The Kier molecular flexibility index (Phi) is 6.21. The molecule has 0 aliphatic heterocycles. The van der Waals surface area contributed by atoms with Gasteiger partial charge >= 0.3 is 0 Å². The van der Waals surface area contributed by atoms with Crippen LogP contribution >= 0.6 is 47.0 Å². The van der Waals surface area contributed by atoms with E-state index in [2.05, 4.69) is 10.2 Å². The van der Waals surface area contributed by atoms with Crippen LogP contribution in [0.2, 0.25) is 0 Å². The first-order valence-corrected chi connectivity index (χ1v) is 7.19. The third kappa shape index (κ3) is 3.46. The summed E-state index contributed by atoms with van der Waals surface area (Å²) < 4.78 is 0.